The maximum Gasteiger partial charge on any atom is 0.416 e. The average molecular weight is 399 g/mol. The summed E-state index contributed by atoms with van der Waals surface area (Å²) in [6.07, 6.45) is -1.18. The summed E-state index contributed by atoms with van der Waals surface area (Å²) in [6, 6.07) is 6.74. The maximum absolute atomic E-state index is 13.0. The predicted octanol–water partition coefficient (Wildman–Crippen LogP) is 2.92. The number of aromatic nitrogens is 1. The van der Waals surface area contributed by atoms with Crippen LogP contribution in [0, 0.1) is 6.92 Å². The van der Waals surface area contributed by atoms with Crippen molar-refractivity contribution in [2.45, 2.75) is 24.5 Å². The fourth-order valence-corrected chi connectivity index (χ4v) is 4.64. The number of benzene rings is 1. The van der Waals surface area contributed by atoms with Crippen molar-refractivity contribution in [2.24, 2.45) is 0 Å². The number of halogens is 3. The van der Waals surface area contributed by atoms with Crippen LogP contribution in [0.2, 0.25) is 0 Å². The van der Waals surface area contributed by atoms with E-state index in [1.54, 1.807) is 12.4 Å². The molecule has 2 heterocycles. The van der Waals surface area contributed by atoms with Crippen molar-refractivity contribution >= 4 is 10.0 Å². The van der Waals surface area contributed by atoms with Crippen molar-refractivity contribution in [2.75, 3.05) is 26.2 Å². The third-order valence-electron chi connectivity index (χ3n) is 4.50. The molecule has 146 valence electrons. The van der Waals surface area contributed by atoms with Crippen LogP contribution >= 0.6 is 0 Å². The first kappa shape index (κ1) is 19.8. The fourth-order valence-electron chi connectivity index (χ4n) is 3.08. The Balaban J connectivity index is 1.73. The minimum Gasteiger partial charge on any atom is -0.296 e. The van der Waals surface area contributed by atoms with Crippen LogP contribution in [0.25, 0.3) is 0 Å². The largest absolute Gasteiger partial charge is 0.416 e. The van der Waals surface area contributed by atoms with E-state index in [-0.39, 0.29) is 23.5 Å². The number of aryl methyl sites for hydroxylation is 1. The molecule has 0 aliphatic carbocycles. The summed E-state index contributed by atoms with van der Waals surface area (Å²) in [6.45, 7) is 3.64. The van der Waals surface area contributed by atoms with E-state index in [1.807, 2.05) is 12.1 Å². The Bertz CT molecular complexity index is 894. The average Bonchev–Trinajstić information content (AvgIpc) is 2.62. The van der Waals surface area contributed by atoms with Crippen LogP contribution in [0.5, 0.6) is 0 Å². The van der Waals surface area contributed by atoms with Gasteiger partial charge in [0.2, 0.25) is 10.0 Å². The highest BCUT2D eigenvalue weighted by molar-refractivity contribution is 7.89. The van der Waals surface area contributed by atoms with E-state index in [0.717, 1.165) is 11.6 Å². The summed E-state index contributed by atoms with van der Waals surface area (Å²) in [5.41, 5.74) is 0.395. The summed E-state index contributed by atoms with van der Waals surface area (Å²) in [5.74, 6) is 0. The molecule has 0 N–H and O–H groups in total. The third kappa shape index (κ3) is 4.66. The number of nitrogens with zero attached hydrogens (tertiary/aromatic N) is 3. The molecule has 0 radical (unpaired) electrons. The highest BCUT2D eigenvalue weighted by Crippen LogP contribution is 2.32. The molecule has 0 saturated carbocycles. The minimum atomic E-state index is -4.58. The first-order chi connectivity index (χ1) is 12.7. The third-order valence-corrected chi connectivity index (χ3v) is 6.38. The van der Waals surface area contributed by atoms with Gasteiger partial charge >= 0.3 is 6.18 Å². The van der Waals surface area contributed by atoms with Gasteiger partial charge in [-0.2, -0.15) is 17.5 Å². The molecule has 2 aromatic rings. The van der Waals surface area contributed by atoms with Crippen LogP contribution in [0.15, 0.2) is 47.6 Å². The molecule has 0 atom stereocenters. The number of pyridine rings is 1. The first-order valence-corrected chi connectivity index (χ1v) is 9.90. The zero-order valence-electron chi connectivity index (χ0n) is 14.8. The molecule has 0 bridgehead atoms. The molecule has 1 aromatic carbocycles. The second kappa shape index (κ2) is 7.57. The maximum atomic E-state index is 13.0. The molecule has 1 aliphatic rings. The van der Waals surface area contributed by atoms with Crippen LogP contribution in [0.1, 0.15) is 16.7 Å². The summed E-state index contributed by atoms with van der Waals surface area (Å²) in [5, 5.41) is 0. The van der Waals surface area contributed by atoms with Crippen LogP contribution in [0.3, 0.4) is 0 Å². The highest BCUT2D eigenvalue weighted by Gasteiger charge is 2.34. The van der Waals surface area contributed by atoms with Crippen LogP contribution in [0.4, 0.5) is 13.2 Å². The van der Waals surface area contributed by atoms with E-state index in [0.29, 0.717) is 25.7 Å². The Morgan fingerprint density at radius 1 is 1.04 bits per heavy atom. The SMILES string of the molecule is Cc1cc(C(F)(F)F)cc(S(=O)(=O)N2CCN(Cc3ccncc3)CC2)c1. The van der Waals surface area contributed by atoms with E-state index in [4.69, 9.17) is 0 Å². The Kier molecular flexibility index (Phi) is 5.55. The van der Waals surface area contributed by atoms with Crippen molar-refractivity contribution in [1.82, 2.24) is 14.2 Å². The second-order valence-corrected chi connectivity index (χ2v) is 8.51. The van der Waals surface area contributed by atoms with Crippen molar-refractivity contribution in [1.29, 1.82) is 0 Å². The van der Waals surface area contributed by atoms with Crippen LogP contribution in [-0.4, -0.2) is 48.8 Å². The molecular formula is C18H20F3N3O2S. The fraction of sp³-hybridized carbons (Fsp3) is 0.389. The number of sulfonamides is 1. The van der Waals surface area contributed by atoms with Gasteiger partial charge in [-0.05, 0) is 48.4 Å². The monoisotopic (exact) mass is 399 g/mol. The minimum absolute atomic E-state index is 0.239. The van der Waals surface area contributed by atoms with Crippen LogP contribution < -0.4 is 0 Å². The molecule has 1 fully saturated rings. The molecule has 9 heteroatoms. The lowest BCUT2D eigenvalue weighted by Crippen LogP contribution is -2.48. The van der Waals surface area contributed by atoms with Crippen molar-refractivity contribution < 1.29 is 21.6 Å². The smallest absolute Gasteiger partial charge is 0.296 e. The summed E-state index contributed by atoms with van der Waals surface area (Å²) in [4.78, 5) is 5.76. The van der Waals surface area contributed by atoms with E-state index in [9.17, 15) is 21.6 Å². The quantitative estimate of drug-likeness (QED) is 0.793. The van der Waals surface area contributed by atoms with Gasteiger partial charge in [-0.25, -0.2) is 8.42 Å². The van der Waals surface area contributed by atoms with Gasteiger partial charge in [0.15, 0.2) is 0 Å². The summed E-state index contributed by atoms with van der Waals surface area (Å²) in [7, 11) is -3.97. The van der Waals surface area contributed by atoms with Gasteiger partial charge < -0.3 is 0 Å². The number of hydrogen-bond acceptors (Lipinski definition) is 4. The van der Waals surface area contributed by atoms with Gasteiger partial charge in [0.25, 0.3) is 0 Å². The van der Waals surface area contributed by atoms with Gasteiger partial charge in [-0.3, -0.25) is 9.88 Å². The van der Waals surface area contributed by atoms with Gasteiger partial charge in [-0.1, -0.05) is 0 Å². The van der Waals surface area contributed by atoms with Gasteiger partial charge in [0.1, 0.15) is 0 Å². The molecule has 1 aliphatic heterocycles. The molecule has 3 rings (SSSR count). The number of hydrogen-bond donors (Lipinski definition) is 0. The van der Waals surface area contributed by atoms with Crippen molar-refractivity contribution in [3.63, 3.8) is 0 Å². The Hall–Kier alpha value is -1.97. The standard InChI is InChI=1S/C18H20F3N3O2S/c1-14-10-16(18(19,20)21)12-17(11-14)27(25,26)24-8-6-23(7-9-24)13-15-2-4-22-5-3-15/h2-5,10-12H,6-9,13H2,1H3. The second-order valence-electron chi connectivity index (χ2n) is 6.57. The topological polar surface area (TPSA) is 53.5 Å². The van der Waals surface area contributed by atoms with Gasteiger partial charge in [-0.15, -0.1) is 0 Å². The molecule has 1 saturated heterocycles. The van der Waals surface area contributed by atoms with Gasteiger partial charge in [0.05, 0.1) is 10.5 Å². The molecule has 0 unspecified atom stereocenters. The van der Waals surface area contributed by atoms with E-state index < -0.39 is 21.8 Å². The number of alkyl halides is 3. The lowest BCUT2D eigenvalue weighted by Gasteiger charge is -2.34. The number of rotatable bonds is 4. The Labute approximate surface area is 156 Å². The Morgan fingerprint density at radius 2 is 1.67 bits per heavy atom. The summed E-state index contributed by atoms with van der Waals surface area (Å²) < 4.78 is 65.9. The van der Waals surface area contributed by atoms with Crippen molar-refractivity contribution in [3.8, 4) is 0 Å². The highest BCUT2D eigenvalue weighted by atomic mass is 32.2. The van der Waals surface area contributed by atoms with E-state index in [1.165, 1.54) is 17.3 Å². The zero-order chi connectivity index (χ0) is 19.7. The Morgan fingerprint density at radius 3 is 2.26 bits per heavy atom. The van der Waals surface area contributed by atoms with Crippen molar-refractivity contribution in [3.05, 3.63) is 59.4 Å². The molecular weight excluding hydrogens is 379 g/mol. The number of piperazine rings is 1. The summed E-state index contributed by atoms with van der Waals surface area (Å²) >= 11 is 0. The lowest BCUT2D eigenvalue weighted by atomic mass is 10.1. The van der Waals surface area contributed by atoms with Crippen LogP contribution in [-0.2, 0) is 22.7 Å². The molecule has 5 nitrogen and oxygen atoms in total. The van der Waals surface area contributed by atoms with Gasteiger partial charge in [0, 0.05) is 45.1 Å². The molecule has 0 spiro atoms. The lowest BCUT2D eigenvalue weighted by molar-refractivity contribution is -0.137. The molecule has 27 heavy (non-hydrogen) atoms. The molecule has 0 amide bonds. The first-order valence-electron chi connectivity index (χ1n) is 8.46. The molecule has 1 aromatic heterocycles. The zero-order valence-corrected chi connectivity index (χ0v) is 15.6. The van der Waals surface area contributed by atoms with E-state index in [2.05, 4.69) is 9.88 Å². The van der Waals surface area contributed by atoms with E-state index >= 15 is 0 Å². The predicted molar refractivity (Wildman–Crippen MR) is 94.5 cm³/mol. The normalized spacial score (nSPS) is 17.2.